The van der Waals surface area contributed by atoms with Crippen LogP contribution in [0.5, 0.6) is 0 Å². The molecule has 2 N–H and O–H groups in total. The molecule has 122 valence electrons. The van der Waals surface area contributed by atoms with E-state index in [2.05, 4.69) is 22.5 Å². The second-order valence-corrected chi connectivity index (χ2v) is 6.30. The molecule has 0 aliphatic carbocycles. The topological polar surface area (TPSA) is 53.6 Å². The van der Waals surface area contributed by atoms with E-state index in [0.717, 1.165) is 13.1 Å². The Kier molecular flexibility index (Phi) is 6.93. The van der Waals surface area contributed by atoms with Gasteiger partial charge in [-0.2, -0.15) is 0 Å². The quantitative estimate of drug-likeness (QED) is 0.660. The summed E-state index contributed by atoms with van der Waals surface area (Å²) in [5.41, 5.74) is 0. The summed E-state index contributed by atoms with van der Waals surface area (Å²) < 4.78 is 4.95. The van der Waals surface area contributed by atoms with E-state index in [0.29, 0.717) is 37.7 Å². The smallest absolute Gasteiger partial charge is 0.221 e. The van der Waals surface area contributed by atoms with Crippen LogP contribution in [0, 0.1) is 0 Å². The second kappa shape index (κ2) is 8.71. The first kappa shape index (κ1) is 16.7. The first-order valence-electron chi connectivity index (χ1n) is 8.49. The Morgan fingerprint density at radius 1 is 1.29 bits per heavy atom. The number of hydrogen-bond acceptors (Lipinski definition) is 4. The van der Waals surface area contributed by atoms with E-state index in [1.165, 1.54) is 32.1 Å². The number of fused-ring (bicyclic) bond motifs is 2. The molecule has 2 unspecified atom stereocenters. The molecule has 2 fully saturated rings. The summed E-state index contributed by atoms with van der Waals surface area (Å²) in [5.74, 6) is 0.152. The van der Waals surface area contributed by atoms with Gasteiger partial charge in [-0.3, -0.25) is 9.69 Å². The van der Waals surface area contributed by atoms with Gasteiger partial charge >= 0.3 is 0 Å². The van der Waals surface area contributed by atoms with Crippen LogP contribution in [0.4, 0.5) is 0 Å². The van der Waals surface area contributed by atoms with Gasteiger partial charge in [-0.25, -0.2) is 0 Å². The Hall–Kier alpha value is -0.650. The van der Waals surface area contributed by atoms with Gasteiger partial charge < -0.3 is 15.4 Å². The highest BCUT2D eigenvalue weighted by molar-refractivity contribution is 5.76. The molecule has 0 aromatic heterocycles. The van der Waals surface area contributed by atoms with Crippen LogP contribution in [-0.4, -0.2) is 62.3 Å². The van der Waals surface area contributed by atoms with Crippen molar-refractivity contribution < 1.29 is 9.53 Å². The van der Waals surface area contributed by atoms with Gasteiger partial charge in [0.15, 0.2) is 0 Å². The summed E-state index contributed by atoms with van der Waals surface area (Å²) in [5, 5.41) is 6.53. The van der Waals surface area contributed by atoms with Crippen molar-refractivity contribution in [2.24, 2.45) is 0 Å². The second-order valence-electron chi connectivity index (χ2n) is 6.30. The van der Waals surface area contributed by atoms with Crippen LogP contribution in [0.1, 0.15) is 45.4 Å². The third-order valence-corrected chi connectivity index (χ3v) is 4.84. The number of carbonyl (C=O) groups is 1. The van der Waals surface area contributed by atoms with E-state index in [1.54, 1.807) is 7.11 Å². The number of hydrogen-bond donors (Lipinski definition) is 2. The van der Waals surface area contributed by atoms with Crippen molar-refractivity contribution in [2.75, 3.05) is 33.4 Å². The number of piperidine rings is 2. The maximum Gasteiger partial charge on any atom is 0.221 e. The van der Waals surface area contributed by atoms with Crippen LogP contribution >= 0.6 is 0 Å². The molecule has 0 spiro atoms. The van der Waals surface area contributed by atoms with Crippen molar-refractivity contribution in [1.29, 1.82) is 0 Å². The average molecular weight is 297 g/mol. The molecule has 0 aromatic carbocycles. The molecule has 5 heteroatoms. The number of carbonyl (C=O) groups excluding carboxylic acids is 1. The normalized spacial score (nSPS) is 29.3. The maximum absolute atomic E-state index is 11.8. The molecule has 2 rings (SSSR count). The number of methoxy groups -OCH3 is 1. The van der Waals surface area contributed by atoms with Gasteiger partial charge in [0.25, 0.3) is 0 Å². The third kappa shape index (κ3) is 4.94. The molecule has 2 atom stereocenters. The van der Waals surface area contributed by atoms with Crippen LogP contribution in [0.3, 0.4) is 0 Å². The maximum atomic E-state index is 11.8. The van der Waals surface area contributed by atoms with Crippen molar-refractivity contribution in [3.05, 3.63) is 0 Å². The fourth-order valence-corrected chi connectivity index (χ4v) is 3.91. The highest BCUT2D eigenvalue weighted by Gasteiger charge is 2.37. The predicted octanol–water partition coefficient (Wildman–Crippen LogP) is 1.13. The Balaban J connectivity index is 1.76. The average Bonchev–Trinajstić information content (AvgIpc) is 2.45. The van der Waals surface area contributed by atoms with E-state index in [9.17, 15) is 4.79 Å². The lowest BCUT2D eigenvalue weighted by atomic mass is 9.81. The van der Waals surface area contributed by atoms with E-state index in [1.807, 2.05) is 0 Å². The van der Waals surface area contributed by atoms with Crippen LogP contribution in [0.15, 0.2) is 0 Å². The van der Waals surface area contributed by atoms with Gasteiger partial charge in [-0.1, -0.05) is 13.3 Å². The molecule has 2 heterocycles. The molecular weight excluding hydrogens is 266 g/mol. The number of amides is 1. The van der Waals surface area contributed by atoms with Crippen molar-refractivity contribution in [1.82, 2.24) is 15.5 Å². The van der Waals surface area contributed by atoms with Crippen LogP contribution in [0.2, 0.25) is 0 Å². The molecule has 0 aromatic rings. The molecular formula is C16H31N3O2. The zero-order valence-corrected chi connectivity index (χ0v) is 13.6. The first-order valence-corrected chi connectivity index (χ1v) is 8.49. The first-order chi connectivity index (χ1) is 10.2. The van der Waals surface area contributed by atoms with Gasteiger partial charge in [0.05, 0.1) is 6.61 Å². The van der Waals surface area contributed by atoms with Crippen molar-refractivity contribution in [2.45, 2.75) is 63.6 Å². The summed E-state index contributed by atoms with van der Waals surface area (Å²) in [6.07, 6.45) is 7.05. The van der Waals surface area contributed by atoms with E-state index in [4.69, 9.17) is 4.74 Å². The van der Waals surface area contributed by atoms with E-state index < -0.39 is 0 Å². The van der Waals surface area contributed by atoms with Crippen molar-refractivity contribution in [3.63, 3.8) is 0 Å². The minimum Gasteiger partial charge on any atom is -0.383 e. The molecule has 2 aliphatic heterocycles. The lowest BCUT2D eigenvalue weighted by molar-refractivity contribution is -0.122. The molecule has 0 radical (unpaired) electrons. The molecule has 2 saturated heterocycles. The number of nitrogens with one attached hydrogen (secondary N) is 2. The SMILES string of the molecule is CCNC1CC2CCCC(C1)N2CCC(=O)NCCOC. The minimum absolute atomic E-state index is 0.152. The summed E-state index contributed by atoms with van der Waals surface area (Å²) in [6.45, 7) is 5.36. The van der Waals surface area contributed by atoms with Crippen molar-refractivity contribution >= 4 is 5.91 Å². The summed E-state index contributed by atoms with van der Waals surface area (Å²) in [7, 11) is 1.65. The van der Waals surface area contributed by atoms with Gasteiger partial charge in [0.1, 0.15) is 0 Å². The molecule has 2 bridgehead atoms. The fraction of sp³-hybridized carbons (Fsp3) is 0.938. The predicted molar refractivity (Wildman–Crippen MR) is 84.3 cm³/mol. The molecule has 1 amide bonds. The van der Waals surface area contributed by atoms with Gasteiger partial charge in [0, 0.05) is 44.7 Å². The van der Waals surface area contributed by atoms with Gasteiger partial charge in [-0.15, -0.1) is 0 Å². The largest absolute Gasteiger partial charge is 0.383 e. The molecule has 0 saturated carbocycles. The Labute approximate surface area is 128 Å². The Morgan fingerprint density at radius 3 is 2.62 bits per heavy atom. The Bertz CT molecular complexity index is 311. The standard InChI is InChI=1S/C16H31N3O2/c1-3-17-13-11-14-5-4-6-15(12-13)19(14)9-7-16(20)18-8-10-21-2/h13-15,17H,3-12H2,1-2H3,(H,18,20). The summed E-state index contributed by atoms with van der Waals surface area (Å²) in [4.78, 5) is 14.4. The zero-order valence-electron chi connectivity index (χ0n) is 13.6. The lowest BCUT2D eigenvalue weighted by Crippen LogP contribution is -2.56. The lowest BCUT2D eigenvalue weighted by Gasteiger charge is -2.49. The highest BCUT2D eigenvalue weighted by atomic mass is 16.5. The summed E-state index contributed by atoms with van der Waals surface area (Å²) >= 11 is 0. The number of rotatable bonds is 8. The van der Waals surface area contributed by atoms with Crippen molar-refractivity contribution in [3.8, 4) is 0 Å². The third-order valence-electron chi connectivity index (χ3n) is 4.84. The zero-order chi connectivity index (χ0) is 15.1. The van der Waals surface area contributed by atoms with Crippen LogP contribution in [-0.2, 0) is 9.53 Å². The molecule has 2 aliphatic rings. The summed E-state index contributed by atoms with van der Waals surface area (Å²) in [6, 6.07) is 2.03. The fourth-order valence-electron chi connectivity index (χ4n) is 3.91. The van der Waals surface area contributed by atoms with Crippen LogP contribution in [0.25, 0.3) is 0 Å². The van der Waals surface area contributed by atoms with E-state index >= 15 is 0 Å². The highest BCUT2D eigenvalue weighted by Crippen LogP contribution is 2.34. The van der Waals surface area contributed by atoms with Gasteiger partial charge in [0.2, 0.25) is 5.91 Å². The number of ether oxygens (including phenoxy) is 1. The molecule has 5 nitrogen and oxygen atoms in total. The minimum atomic E-state index is 0.152. The number of nitrogens with zero attached hydrogens (tertiary/aromatic N) is 1. The molecule has 21 heavy (non-hydrogen) atoms. The monoisotopic (exact) mass is 297 g/mol. The van der Waals surface area contributed by atoms with Gasteiger partial charge in [-0.05, 0) is 32.2 Å². The van der Waals surface area contributed by atoms with Crippen LogP contribution < -0.4 is 10.6 Å². The van der Waals surface area contributed by atoms with E-state index in [-0.39, 0.29) is 5.91 Å². The Morgan fingerprint density at radius 2 is 2.00 bits per heavy atom.